The van der Waals surface area contributed by atoms with Gasteiger partial charge >= 0.3 is 0 Å². The van der Waals surface area contributed by atoms with Gasteiger partial charge in [0.15, 0.2) is 0 Å². The fraction of sp³-hybridized carbons (Fsp3) is 0.105. The largest absolute Gasteiger partial charge is 0.497 e. The minimum absolute atomic E-state index is 0.844. The normalized spacial score (nSPS) is 11.6. The highest BCUT2D eigenvalue weighted by Crippen LogP contribution is 2.22. The lowest BCUT2D eigenvalue weighted by Gasteiger charge is -2.06. The van der Waals surface area contributed by atoms with E-state index in [4.69, 9.17) is 9.73 Å². The molecule has 104 valence electrons. The summed E-state index contributed by atoms with van der Waals surface area (Å²) in [5, 5.41) is 2.47. The SMILES string of the molecule is COc1ccc(N=C(C)c2cccc3ccccc23)cc1. The van der Waals surface area contributed by atoms with Crippen LogP contribution in [-0.2, 0) is 0 Å². The van der Waals surface area contributed by atoms with E-state index in [1.807, 2.05) is 31.2 Å². The molecule has 0 aliphatic carbocycles. The number of nitrogens with zero attached hydrogens (tertiary/aromatic N) is 1. The summed E-state index contributed by atoms with van der Waals surface area (Å²) in [6.45, 7) is 2.05. The van der Waals surface area contributed by atoms with Gasteiger partial charge in [-0.2, -0.15) is 0 Å². The van der Waals surface area contributed by atoms with Gasteiger partial charge in [-0.25, -0.2) is 0 Å². The van der Waals surface area contributed by atoms with Gasteiger partial charge < -0.3 is 4.74 Å². The molecule has 0 aliphatic heterocycles. The van der Waals surface area contributed by atoms with E-state index in [1.165, 1.54) is 16.3 Å². The molecule has 21 heavy (non-hydrogen) atoms. The van der Waals surface area contributed by atoms with Gasteiger partial charge in [0.1, 0.15) is 5.75 Å². The van der Waals surface area contributed by atoms with Crippen molar-refractivity contribution in [2.24, 2.45) is 4.99 Å². The molecule has 2 nitrogen and oxygen atoms in total. The van der Waals surface area contributed by atoms with Crippen LogP contribution >= 0.6 is 0 Å². The summed E-state index contributed by atoms with van der Waals surface area (Å²) in [7, 11) is 1.67. The molecule has 0 unspecified atom stereocenters. The molecule has 3 aromatic carbocycles. The smallest absolute Gasteiger partial charge is 0.119 e. The highest BCUT2D eigenvalue weighted by molar-refractivity contribution is 6.10. The lowest BCUT2D eigenvalue weighted by molar-refractivity contribution is 0.415. The van der Waals surface area contributed by atoms with Gasteiger partial charge in [-0.1, -0.05) is 42.5 Å². The first-order valence-electron chi connectivity index (χ1n) is 6.95. The monoisotopic (exact) mass is 275 g/mol. The molecule has 0 atom stereocenters. The summed E-state index contributed by atoms with van der Waals surface area (Å²) in [5.74, 6) is 0.844. The zero-order chi connectivity index (χ0) is 14.7. The number of ether oxygens (including phenoxy) is 1. The minimum Gasteiger partial charge on any atom is -0.497 e. The molecule has 2 heteroatoms. The van der Waals surface area contributed by atoms with E-state index in [-0.39, 0.29) is 0 Å². The molecule has 0 aromatic heterocycles. The number of fused-ring (bicyclic) bond motifs is 1. The molecular formula is C19H17NO. The zero-order valence-electron chi connectivity index (χ0n) is 12.2. The van der Waals surface area contributed by atoms with Crippen molar-refractivity contribution in [2.45, 2.75) is 6.92 Å². The fourth-order valence-electron chi connectivity index (χ4n) is 2.45. The third-order valence-corrected chi connectivity index (χ3v) is 3.55. The molecule has 0 saturated heterocycles. The highest BCUT2D eigenvalue weighted by Gasteiger charge is 2.03. The summed E-state index contributed by atoms with van der Waals surface area (Å²) >= 11 is 0. The van der Waals surface area contributed by atoms with Crippen molar-refractivity contribution in [3.8, 4) is 5.75 Å². The van der Waals surface area contributed by atoms with Crippen molar-refractivity contribution in [3.05, 3.63) is 72.3 Å². The molecule has 0 saturated carbocycles. The zero-order valence-corrected chi connectivity index (χ0v) is 12.2. The molecule has 3 rings (SSSR count). The molecular weight excluding hydrogens is 258 g/mol. The number of benzene rings is 3. The van der Waals surface area contributed by atoms with Crippen LogP contribution in [0.15, 0.2) is 71.7 Å². The number of hydrogen-bond donors (Lipinski definition) is 0. The van der Waals surface area contributed by atoms with E-state index in [1.54, 1.807) is 7.11 Å². The Morgan fingerprint density at radius 2 is 1.57 bits per heavy atom. The fourth-order valence-corrected chi connectivity index (χ4v) is 2.45. The maximum atomic E-state index is 5.17. The van der Waals surface area contributed by atoms with Crippen LogP contribution in [-0.4, -0.2) is 12.8 Å². The topological polar surface area (TPSA) is 21.6 Å². The van der Waals surface area contributed by atoms with Gasteiger partial charge in [0, 0.05) is 11.3 Å². The van der Waals surface area contributed by atoms with Crippen molar-refractivity contribution < 1.29 is 4.74 Å². The van der Waals surface area contributed by atoms with Crippen molar-refractivity contribution in [1.29, 1.82) is 0 Å². The van der Waals surface area contributed by atoms with Gasteiger partial charge in [-0.15, -0.1) is 0 Å². The Kier molecular flexibility index (Phi) is 3.69. The molecule has 0 heterocycles. The predicted molar refractivity (Wildman–Crippen MR) is 88.8 cm³/mol. The van der Waals surface area contributed by atoms with Crippen LogP contribution in [0.25, 0.3) is 10.8 Å². The van der Waals surface area contributed by atoms with Gasteiger partial charge in [0.25, 0.3) is 0 Å². The molecule has 0 aliphatic rings. The number of rotatable bonds is 3. The molecule has 0 bridgehead atoms. The third-order valence-electron chi connectivity index (χ3n) is 3.55. The number of methoxy groups -OCH3 is 1. The minimum atomic E-state index is 0.844. The maximum Gasteiger partial charge on any atom is 0.119 e. The Labute approximate surface area is 124 Å². The second-order valence-electron chi connectivity index (χ2n) is 4.92. The first-order chi connectivity index (χ1) is 10.3. The summed E-state index contributed by atoms with van der Waals surface area (Å²) in [6, 6.07) is 22.5. The summed E-state index contributed by atoms with van der Waals surface area (Å²) in [5.41, 5.74) is 3.11. The molecule has 0 amide bonds. The Bertz CT molecular complexity index is 783. The Morgan fingerprint density at radius 3 is 2.33 bits per heavy atom. The van der Waals surface area contributed by atoms with Crippen LogP contribution in [0, 0.1) is 0 Å². The predicted octanol–water partition coefficient (Wildman–Crippen LogP) is 4.99. The lowest BCUT2D eigenvalue weighted by Crippen LogP contribution is -1.95. The maximum absolute atomic E-state index is 5.17. The van der Waals surface area contributed by atoms with Crippen LogP contribution in [0.2, 0.25) is 0 Å². The van der Waals surface area contributed by atoms with Crippen LogP contribution in [0.1, 0.15) is 12.5 Å². The van der Waals surface area contributed by atoms with E-state index >= 15 is 0 Å². The van der Waals surface area contributed by atoms with E-state index < -0.39 is 0 Å². The van der Waals surface area contributed by atoms with Crippen LogP contribution in [0.5, 0.6) is 5.75 Å². The van der Waals surface area contributed by atoms with Crippen LogP contribution in [0.4, 0.5) is 5.69 Å². The summed E-state index contributed by atoms with van der Waals surface area (Å²) in [6.07, 6.45) is 0. The van der Waals surface area contributed by atoms with Crippen LogP contribution < -0.4 is 4.74 Å². The lowest BCUT2D eigenvalue weighted by atomic mass is 10.0. The number of aliphatic imine (C=N–C) groups is 1. The average Bonchev–Trinajstić information content (AvgIpc) is 2.55. The summed E-state index contributed by atoms with van der Waals surface area (Å²) < 4.78 is 5.17. The molecule has 0 spiro atoms. The molecule has 0 fully saturated rings. The van der Waals surface area contributed by atoms with E-state index in [0.717, 1.165) is 17.1 Å². The molecule has 0 N–H and O–H groups in total. The first kappa shape index (κ1) is 13.4. The Hall–Kier alpha value is -2.61. The van der Waals surface area contributed by atoms with Crippen molar-refractivity contribution in [2.75, 3.05) is 7.11 Å². The second kappa shape index (κ2) is 5.80. The van der Waals surface area contributed by atoms with Crippen LogP contribution in [0.3, 0.4) is 0 Å². The van der Waals surface area contributed by atoms with E-state index in [0.29, 0.717) is 0 Å². The van der Waals surface area contributed by atoms with Crippen molar-refractivity contribution in [1.82, 2.24) is 0 Å². The standard InChI is InChI=1S/C19H17NO/c1-14(20-16-10-12-17(21-2)13-11-16)18-9-5-7-15-6-3-4-8-19(15)18/h3-13H,1-2H3. The van der Waals surface area contributed by atoms with E-state index in [2.05, 4.69) is 42.5 Å². The van der Waals surface area contributed by atoms with Gasteiger partial charge in [-0.05, 0) is 42.0 Å². The van der Waals surface area contributed by atoms with Gasteiger partial charge in [0.05, 0.1) is 12.8 Å². The third kappa shape index (κ3) is 2.79. The first-order valence-corrected chi connectivity index (χ1v) is 6.95. The number of hydrogen-bond acceptors (Lipinski definition) is 2. The Balaban J connectivity index is 2.02. The quantitative estimate of drug-likeness (QED) is 0.617. The Morgan fingerprint density at radius 1 is 0.857 bits per heavy atom. The van der Waals surface area contributed by atoms with E-state index in [9.17, 15) is 0 Å². The average molecular weight is 275 g/mol. The van der Waals surface area contributed by atoms with Gasteiger partial charge in [-0.3, -0.25) is 4.99 Å². The highest BCUT2D eigenvalue weighted by atomic mass is 16.5. The molecule has 0 radical (unpaired) electrons. The second-order valence-corrected chi connectivity index (χ2v) is 4.92. The molecule has 3 aromatic rings. The van der Waals surface area contributed by atoms with Crippen molar-refractivity contribution in [3.63, 3.8) is 0 Å². The van der Waals surface area contributed by atoms with Gasteiger partial charge in [0.2, 0.25) is 0 Å². The summed E-state index contributed by atoms with van der Waals surface area (Å²) in [4.78, 5) is 4.72. The van der Waals surface area contributed by atoms with Crippen molar-refractivity contribution >= 4 is 22.2 Å².